The molecule has 0 saturated heterocycles. The Balaban J connectivity index is 1.92. The van der Waals surface area contributed by atoms with Crippen LogP contribution in [-0.4, -0.2) is 35.0 Å². The number of hydrogen-bond donors (Lipinski definition) is 1. The van der Waals surface area contributed by atoms with Crippen molar-refractivity contribution in [3.63, 3.8) is 0 Å². The van der Waals surface area contributed by atoms with Gasteiger partial charge in [0, 0.05) is 37.3 Å². The van der Waals surface area contributed by atoms with Gasteiger partial charge >= 0.3 is 0 Å². The first-order valence-electron chi connectivity index (χ1n) is 8.83. The van der Waals surface area contributed by atoms with Crippen LogP contribution in [0.2, 0.25) is 5.02 Å². The quantitative estimate of drug-likeness (QED) is 0.764. The largest absolute Gasteiger partial charge is 0.378 e. The highest BCUT2D eigenvalue weighted by molar-refractivity contribution is 7.91. The number of nitrogens with one attached hydrogen (secondary N) is 1. The topological polar surface area (TPSA) is 66.5 Å². The molecule has 0 aromatic heterocycles. The summed E-state index contributed by atoms with van der Waals surface area (Å²) in [4.78, 5) is 14.2. The van der Waals surface area contributed by atoms with Gasteiger partial charge in [-0.05, 0) is 54.8 Å². The highest BCUT2D eigenvalue weighted by Crippen LogP contribution is 2.32. The lowest BCUT2D eigenvalue weighted by molar-refractivity contribution is -0.122. The van der Waals surface area contributed by atoms with Crippen LogP contribution in [0.5, 0.6) is 0 Å². The van der Waals surface area contributed by atoms with Crippen LogP contribution >= 0.6 is 11.6 Å². The fourth-order valence-corrected chi connectivity index (χ4v) is 4.65. The molecule has 1 saturated carbocycles. The van der Waals surface area contributed by atoms with Crippen LogP contribution in [0.4, 0.5) is 5.69 Å². The third-order valence-electron chi connectivity index (χ3n) is 4.71. The van der Waals surface area contributed by atoms with E-state index in [-0.39, 0.29) is 23.3 Å². The zero-order valence-electron chi connectivity index (χ0n) is 15.4. The van der Waals surface area contributed by atoms with E-state index in [4.69, 9.17) is 11.6 Å². The van der Waals surface area contributed by atoms with Crippen molar-refractivity contribution >= 4 is 33.0 Å². The number of halogens is 1. The van der Waals surface area contributed by atoms with Crippen molar-refractivity contribution in [2.24, 2.45) is 5.92 Å². The van der Waals surface area contributed by atoms with E-state index in [9.17, 15) is 13.2 Å². The van der Waals surface area contributed by atoms with Gasteiger partial charge in [0.2, 0.25) is 5.91 Å². The Morgan fingerprint density at radius 2 is 1.70 bits per heavy atom. The van der Waals surface area contributed by atoms with Crippen molar-refractivity contribution in [1.29, 1.82) is 0 Å². The SMILES string of the molecule is CN(C)c1ccc([C@H](CNC(=O)C2CC2)S(=O)(=O)c2ccc(Cl)cc2)cc1. The summed E-state index contributed by atoms with van der Waals surface area (Å²) >= 11 is 5.89. The van der Waals surface area contributed by atoms with Crippen molar-refractivity contribution < 1.29 is 13.2 Å². The molecule has 3 rings (SSSR count). The predicted molar refractivity (Wildman–Crippen MR) is 108 cm³/mol. The van der Waals surface area contributed by atoms with Gasteiger partial charge in [-0.15, -0.1) is 0 Å². The lowest BCUT2D eigenvalue weighted by Gasteiger charge is -2.20. The van der Waals surface area contributed by atoms with Crippen LogP contribution in [0.3, 0.4) is 0 Å². The monoisotopic (exact) mass is 406 g/mol. The van der Waals surface area contributed by atoms with Crippen molar-refractivity contribution in [2.45, 2.75) is 23.0 Å². The molecule has 2 aromatic carbocycles. The van der Waals surface area contributed by atoms with Gasteiger partial charge in [-0.25, -0.2) is 8.42 Å². The average molecular weight is 407 g/mol. The molecule has 2 aromatic rings. The third kappa shape index (κ3) is 4.62. The molecule has 1 aliphatic carbocycles. The third-order valence-corrected chi connectivity index (χ3v) is 7.08. The van der Waals surface area contributed by atoms with E-state index in [1.165, 1.54) is 12.1 Å². The highest BCUT2D eigenvalue weighted by Gasteiger charge is 2.33. The molecule has 0 radical (unpaired) electrons. The van der Waals surface area contributed by atoms with Crippen LogP contribution in [0.1, 0.15) is 23.7 Å². The molecule has 7 heteroatoms. The van der Waals surface area contributed by atoms with Gasteiger partial charge in [0.15, 0.2) is 9.84 Å². The first-order chi connectivity index (χ1) is 12.8. The predicted octanol–water partition coefficient (Wildman–Crippen LogP) is 3.45. The summed E-state index contributed by atoms with van der Waals surface area (Å²) in [5.41, 5.74) is 1.62. The summed E-state index contributed by atoms with van der Waals surface area (Å²) in [5.74, 6) is -0.0452. The molecule has 1 atom stereocenters. The minimum Gasteiger partial charge on any atom is -0.378 e. The molecule has 1 fully saturated rings. The molecule has 0 unspecified atom stereocenters. The molecule has 0 bridgehead atoms. The number of anilines is 1. The summed E-state index contributed by atoms with van der Waals surface area (Å²) in [5, 5.41) is 2.42. The molecular formula is C20H23ClN2O3S. The summed E-state index contributed by atoms with van der Waals surface area (Å²) in [6.45, 7) is 0.0433. The Morgan fingerprint density at radius 3 is 2.22 bits per heavy atom. The van der Waals surface area contributed by atoms with Crippen molar-refractivity contribution in [2.75, 3.05) is 25.5 Å². The van der Waals surface area contributed by atoms with Crippen LogP contribution < -0.4 is 10.2 Å². The number of rotatable bonds is 7. The molecule has 5 nitrogen and oxygen atoms in total. The van der Waals surface area contributed by atoms with Gasteiger partial charge in [-0.2, -0.15) is 0 Å². The Bertz CT molecular complexity index is 905. The number of sulfone groups is 1. The zero-order chi connectivity index (χ0) is 19.6. The van der Waals surface area contributed by atoms with Crippen molar-refractivity contribution in [3.8, 4) is 0 Å². The maximum atomic E-state index is 13.3. The molecule has 0 aliphatic heterocycles. The first kappa shape index (κ1) is 19.7. The van der Waals surface area contributed by atoms with Gasteiger partial charge in [0.1, 0.15) is 5.25 Å². The second-order valence-corrected chi connectivity index (χ2v) is 9.56. The molecule has 1 aliphatic rings. The second kappa shape index (κ2) is 7.90. The zero-order valence-corrected chi connectivity index (χ0v) is 16.9. The van der Waals surface area contributed by atoms with Crippen LogP contribution in [0.25, 0.3) is 0 Å². The van der Waals surface area contributed by atoms with Gasteiger partial charge in [-0.3, -0.25) is 4.79 Å². The van der Waals surface area contributed by atoms with Crippen molar-refractivity contribution in [3.05, 3.63) is 59.1 Å². The number of nitrogens with zero attached hydrogens (tertiary/aromatic N) is 1. The summed E-state index contributed by atoms with van der Waals surface area (Å²) in [6.07, 6.45) is 1.75. The normalized spacial score (nSPS) is 15.2. The lowest BCUT2D eigenvalue weighted by Crippen LogP contribution is -2.32. The van der Waals surface area contributed by atoms with Crippen LogP contribution in [-0.2, 0) is 14.6 Å². The van der Waals surface area contributed by atoms with Crippen LogP contribution in [0.15, 0.2) is 53.4 Å². The fourth-order valence-electron chi connectivity index (χ4n) is 2.87. The van der Waals surface area contributed by atoms with E-state index in [2.05, 4.69) is 5.32 Å². The highest BCUT2D eigenvalue weighted by atomic mass is 35.5. The van der Waals surface area contributed by atoms with E-state index in [1.807, 2.05) is 31.1 Å². The van der Waals surface area contributed by atoms with Gasteiger partial charge in [-0.1, -0.05) is 23.7 Å². The van der Waals surface area contributed by atoms with Crippen molar-refractivity contribution in [1.82, 2.24) is 5.32 Å². The minimum absolute atomic E-state index is 0.0278. The van der Waals surface area contributed by atoms with E-state index >= 15 is 0 Å². The lowest BCUT2D eigenvalue weighted by atomic mass is 10.1. The van der Waals surface area contributed by atoms with E-state index < -0.39 is 15.1 Å². The molecule has 1 amide bonds. The second-order valence-electron chi connectivity index (χ2n) is 6.99. The van der Waals surface area contributed by atoms with Gasteiger partial charge in [0.05, 0.1) is 4.90 Å². The van der Waals surface area contributed by atoms with E-state index in [0.717, 1.165) is 18.5 Å². The smallest absolute Gasteiger partial charge is 0.223 e. The standard InChI is InChI=1S/C20H23ClN2O3S/c1-23(2)17-9-5-14(6-10-17)19(13-22-20(24)15-3-4-15)27(25,26)18-11-7-16(21)8-12-18/h5-12,15,19H,3-4,13H2,1-2H3,(H,22,24)/t19-/m0/s1. The fraction of sp³-hybridized carbons (Fsp3) is 0.350. The van der Waals surface area contributed by atoms with E-state index in [0.29, 0.717) is 10.6 Å². The Labute approximate surface area is 165 Å². The molecule has 0 heterocycles. The Morgan fingerprint density at radius 1 is 1.11 bits per heavy atom. The van der Waals surface area contributed by atoms with E-state index in [1.54, 1.807) is 24.3 Å². The number of carbonyl (C=O) groups excluding carboxylic acids is 1. The van der Waals surface area contributed by atoms with Gasteiger partial charge < -0.3 is 10.2 Å². The maximum Gasteiger partial charge on any atom is 0.223 e. The molecular weight excluding hydrogens is 384 g/mol. The number of benzene rings is 2. The Kier molecular flexibility index (Phi) is 5.77. The number of hydrogen-bond acceptors (Lipinski definition) is 4. The molecule has 144 valence electrons. The minimum atomic E-state index is -3.69. The van der Waals surface area contributed by atoms with Gasteiger partial charge in [0.25, 0.3) is 0 Å². The maximum absolute atomic E-state index is 13.3. The average Bonchev–Trinajstić information content (AvgIpc) is 3.47. The summed E-state index contributed by atoms with van der Waals surface area (Å²) < 4.78 is 26.5. The number of carbonyl (C=O) groups is 1. The first-order valence-corrected chi connectivity index (χ1v) is 10.8. The molecule has 0 spiro atoms. The van der Waals surface area contributed by atoms with Crippen LogP contribution in [0, 0.1) is 5.92 Å². The summed E-state index contributed by atoms with van der Waals surface area (Å²) in [7, 11) is 0.155. The molecule has 27 heavy (non-hydrogen) atoms. The molecule has 1 N–H and O–H groups in total. The number of amides is 1. The Hall–Kier alpha value is -2.05. The summed E-state index contributed by atoms with van der Waals surface area (Å²) in [6, 6.07) is 13.5.